The summed E-state index contributed by atoms with van der Waals surface area (Å²) < 4.78 is 10.0. The van der Waals surface area contributed by atoms with Crippen LogP contribution in [0.5, 0.6) is 0 Å². The fourth-order valence-corrected chi connectivity index (χ4v) is 1.51. The van der Waals surface area contributed by atoms with Gasteiger partial charge in [-0.25, -0.2) is 0 Å². The number of aliphatic hydroxyl groups excluding tert-OH is 1. The fourth-order valence-electron chi connectivity index (χ4n) is 1.51. The van der Waals surface area contributed by atoms with Gasteiger partial charge in [0.15, 0.2) is 6.29 Å². The molecule has 15 heavy (non-hydrogen) atoms. The summed E-state index contributed by atoms with van der Waals surface area (Å²) in [4.78, 5) is 0. The number of ether oxygens (including phenoxy) is 2. The minimum absolute atomic E-state index is 0.614. The summed E-state index contributed by atoms with van der Waals surface area (Å²) in [5.41, 5.74) is 2.01. The summed E-state index contributed by atoms with van der Waals surface area (Å²) in [5.74, 6) is 0. The quantitative estimate of drug-likeness (QED) is 0.754. The summed E-state index contributed by atoms with van der Waals surface area (Å²) in [6, 6.07) is 7.80. The Hall–Kier alpha value is -0.900. The van der Waals surface area contributed by atoms with Gasteiger partial charge in [-0.15, -0.1) is 0 Å². The van der Waals surface area contributed by atoms with Gasteiger partial charge in [0, 0.05) is 14.2 Å². The lowest BCUT2D eigenvalue weighted by atomic mass is 10.0. The van der Waals surface area contributed by atoms with E-state index in [-0.39, 0.29) is 0 Å². The number of hydrogen-bond acceptors (Lipinski definition) is 3. The Bertz CT molecular complexity index is 295. The zero-order valence-corrected chi connectivity index (χ0v) is 9.43. The summed E-state index contributed by atoms with van der Waals surface area (Å²) in [6.45, 7) is 2.08. The standard InChI is InChI=1S/C12H18O3/c1-4-9-6-5-7-10(8-9)11(13)12(14-2)15-3/h5-8,11-13H,4H2,1-3H3. The molecule has 0 bridgehead atoms. The predicted molar refractivity (Wildman–Crippen MR) is 58.6 cm³/mol. The minimum Gasteiger partial charge on any atom is -0.383 e. The lowest BCUT2D eigenvalue weighted by Gasteiger charge is -2.20. The normalized spacial score (nSPS) is 13.1. The fraction of sp³-hybridized carbons (Fsp3) is 0.500. The van der Waals surface area contributed by atoms with Crippen molar-refractivity contribution in [2.24, 2.45) is 0 Å². The van der Waals surface area contributed by atoms with E-state index in [2.05, 4.69) is 6.92 Å². The van der Waals surface area contributed by atoms with Gasteiger partial charge in [0.1, 0.15) is 6.10 Å². The van der Waals surface area contributed by atoms with Gasteiger partial charge in [-0.05, 0) is 17.5 Å². The molecule has 0 aromatic heterocycles. The van der Waals surface area contributed by atoms with Gasteiger partial charge in [0.2, 0.25) is 0 Å². The van der Waals surface area contributed by atoms with Crippen molar-refractivity contribution in [1.29, 1.82) is 0 Å². The van der Waals surface area contributed by atoms with Crippen LogP contribution in [0.4, 0.5) is 0 Å². The number of rotatable bonds is 5. The molecule has 0 radical (unpaired) electrons. The number of aliphatic hydroxyl groups is 1. The summed E-state index contributed by atoms with van der Waals surface area (Å²) in [6.07, 6.45) is -0.408. The Morgan fingerprint density at radius 3 is 2.47 bits per heavy atom. The van der Waals surface area contributed by atoms with Gasteiger partial charge in [-0.3, -0.25) is 0 Å². The van der Waals surface area contributed by atoms with Crippen LogP contribution in [0.3, 0.4) is 0 Å². The molecule has 1 unspecified atom stereocenters. The topological polar surface area (TPSA) is 38.7 Å². The first-order chi connectivity index (χ1) is 7.22. The van der Waals surface area contributed by atoms with Crippen LogP contribution in [0.2, 0.25) is 0 Å². The third-order valence-corrected chi connectivity index (χ3v) is 2.42. The maximum Gasteiger partial charge on any atom is 0.187 e. The first-order valence-electron chi connectivity index (χ1n) is 5.05. The summed E-state index contributed by atoms with van der Waals surface area (Å²) in [7, 11) is 3.03. The molecule has 84 valence electrons. The summed E-state index contributed by atoms with van der Waals surface area (Å²) in [5, 5.41) is 9.95. The molecule has 0 saturated heterocycles. The molecule has 0 aliphatic carbocycles. The van der Waals surface area contributed by atoms with E-state index in [4.69, 9.17) is 9.47 Å². The van der Waals surface area contributed by atoms with E-state index >= 15 is 0 Å². The number of hydrogen-bond donors (Lipinski definition) is 1. The molecular weight excluding hydrogens is 192 g/mol. The molecule has 0 aliphatic heterocycles. The van der Waals surface area contributed by atoms with Crippen LogP contribution in [0.15, 0.2) is 24.3 Å². The van der Waals surface area contributed by atoms with Gasteiger partial charge in [0.05, 0.1) is 0 Å². The van der Waals surface area contributed by atoms with Crippen molar-refractivity contribution in [1.82, 2.24) is 0 Å². The van der Waals surface area contributed by atoms with Gasteiger partial charge in [-0.2, -0.15) is 0 Å². The molecular formula is C12H18O3. The molecule has 3 heteroatoms. The van der Waals surface area contributed by atoms with Crippen LogP contribution in [-0.2, 0) is 15.9 Å². The van der Waals surface area contributed by atoms with Gasteiger partial charge >= 0.3 is 0 Å². The highest BCUT2D eigenvalue weighted by atomic mass is 16.7. The molecule has 3 nitrogen and oxygen atoms in total. The lowest BCUT2D eigenvalue weighted by molar-refractivity contribution is -0.166. The molecule has 0 fully saturated rings. The van der Waals surface area contributed by atoms with Crippen LogP contribution in [0.25, 0.3) is 0 Å². The molecule has 0 amide bonds. The van der Waals surface area contributed by atoms with Crippen LogP contribution >= 0.6 is 0 Å². The highest BCUT2D eigenvalue weighted by Gasteiger charge is 2.19. The third-order valence-electron chi connectivity index (χ3n) is 2.42. The second kappa shape index (κ2) is 5.85. The molecule has 1 N–H and O–H groups in total. The smallest absolute Gasteiger partial charge is 0.187 e. The monoisotopic (exact) mass is 210 g/mol. The number of methoxy groups -OCH3 is 2. The zero-order valence-electron chi connectivity index (χ0n) is 9.43. The first-order valence-corrected chi connectivity index (χ1v) is 5.05. The summed E-state index contributed by atoms with van der Waals surface area (Å²) >= 11 is 0. The van der Waals surface area contributed by atoms with E-state index in [1.807, 2.05) is 24.3 Å². The maximum atomic E-state index is 9.95. The van der Waals surface area contributed by atoms with Crippen LogP contribution in [0, 0.1) is 0 Å². The van der Waals surface area contributed by atoms with Crippen LogP contribution in [0.1, 0.15) is 24.2 Å². The van der Waals surface area contributed by atoms with Gasteiger partial charge in [0.25, 0.3) is 0 Å². The molecule has 1 rings (SSSR count). The van der Waals surface area contributed by atoms with Crippen LogP contribution in [-0.4, -0.2) is 25.6 Å². The third kappa shape index (κ3) is 3.02. The number of benzene rings is 1. The van der Waals surface area contributed by atoms with E-state index in [0.29, 0.717) is 0 Å². The van der Waals surface area contributed by atoms with Crippen molar-refractivity contribution < 1.29 is 14.6 Å². The molecule has 0 heterocycles. The van der Waals surface area contributed by atoms with Crippen molar-refractivity contribution in [3.05, 3.63) is 35.4 Å². The zero-order chi connectivity index (χ0) is 11.3. The second-order valence-electron chi connectivity index (χ2n) is 3.38. The Labute approximate surface area is 90.6 Å². The molecule has 0 aliphatic rings. The lowest BCUT2D eigenvalue weighted by Crippen LogP contribution is -2.22. The Balaban J connectivity index is 2.84. The molecule has 1 atom stereocenters. The molecule has 0 saturated carbocycles. The largest absolute Gasteiger partial charge is 0.383 e. The number of aryl methyl sites for hydroxylation is 1. The molecule has 0 spiro atoms. The van der Waals surface area contributed by atoms with Crippen molar-refractivity contribution in [3.63, 3.8) is 0 Å². The average Bonchev–Trinajstić information content (AvgIpc) is 2.30. The highest BCUT2D eigenvalue weighted by molar-refractivity contribution is 5.25. The van der Waals surface area contributed by atoms with E-state index in [0.717, 1.165) is 12.0 Å². The predicted octanol–water partition coefficient (Wildman–Crippen LogP) is 1.90. The Morgan fingerprint density at radius 1 is 1.27 bits per heavy atom. The molecule has 1 aromatic rings. The van der Waals surface area contributed by atoms with Gasteiger partial charge in [-0.1, -0.05) is 31.2 Å². The van der Waals surface area contributed by atoms with E-state index in [1.54, 1.807) is 0 Å². The van der Waals surface area contributed by atoms with Crippen molar-refractivity contribution in [2.45, 2.75) is 25.7 Å². The minimum atomic E-state index is -0.744. The van der Waals surface area contributed by atoms with E-state index in [9.17, 15) is 5.11 Å². The van der Waals surface area contributed by atoms with Crippen molar-refractivity contribution in [3.8, 4) is 0 Å². The Kier molecular flexibility index (Phi) is 4.75. The van der Waals surface area contributed by atoms with Gasteiger partial charge < -0.3 is 14.6 Å². The van der Waals surface area contributed by atoms with E-state index in [1.165, 1.54) is 19.8 Å². The maximum absolute atomic E-state index is 9.95. The molecule has 1 aromatic carbocycles. The first kappa shape index (κ1) is 12.2. The highest BCUT2D eigenvalue weighted by Crippen LogP contribution is 2.20. The van der Waals surface area contributed by atoms with Crippen molar-refractivity contribution >= 4 is 0 Å². The van der Waals surface area contributed by atoms with Crippen molar-refractivity contribution in [2.75, 3.05) is 14.2 Å². The average molecular weight is 210 g/mol. The van der Waals surface area contributed by atoms with E-state index < -0.39 is 12.4 Å². The van der Waals surface area contributed by atoms with Crippen LogP contribution < -0.4 is 0 Å². The SMILES string of the molecule is CCc1cccc(C(O)C(OC)OC)c1. The second-order valence-corrected chi connectivity index (χ2v) is 3.38. The Morgan fingerprint density at radius 2 is 1.93 bits per heavy atom.